The van der Waals surface area contributed by atoms with Gasteiger partial charge in [0, 0.05) is 23.5 Å². The Bertz CT molecular complexity index is 972. The highest BCUT2D eigenvalue weighted by atomic mass is 16.4. The molecule has 1 aliphatic heterocycles. The lowest BCUT2D eigenvalue weighted by Gasteiger charge is -2.20. The Kier molecular flexibility index (Phi) is 7.24. The summed E-state index contributed by atoms with van der Waals surface area (Å²) in [5.74, 6) is -3.02. The predicted molar refractivity (Wildman–Crippen MR) is 113 cm³/mol. The van der Waals surface area contributed by atoms with E-state index in [0.717, 1.165) is 16.5 Å². The number of nitrogens with one attached hydrogen (secondary N) is 4. The Hall–Kier alpha value is -3.40. The quantitative estimate of drug-likeness (QED) is 0.317. The number of aliphatic carboxylic acids is 1. The van der Waals surface area contributed by atoms with Crippen molar-refractivity contribution < 1.29 is 24.3 Å². The maximum absolute atomic E-state index is 12.9. The van der Waals surface area contributed by atoms with Gasteiger partial charge in [-0.05, 0) is 37.4 Å². The summed E-state index contributed by atoms with van der Waals surface area (Å²) >= 11 is 0. The summed E-state index contributed by atoms with van der Waals surface area (Å²) in [5.41, 5.74) is 7.23. The summed E-state index contributed by atoms with van der Waals surface area (Å²) in [4.78, 5) is 52.7. The summed E-state index contributed by atoms with van der Waals surface area (Å²) in [5, 5.41) is 17.9. The Morgan fingerprint density at radius 3 is 2.32 bits per heavy atom. The van der Waals surface area contributed by atoms with E-state index in [0.29, 0.717) is 25.8 Å². The minimum absolute atomic E-state index is 0.186. The molecular weight excluding hydrogens is 402 g/mol. The molecule has 3 atom stereocenters. The first-order valence-electron chi connectivity index (χ1n) is 10.3. The maximum Gasteiger partial charge on any atom is 0.305 e. The number of unbranched alkanes of at least 4 members (excludes halogenated alkanes) is 1. The van der Waals surface area contributed by atoms with E-state index in [9.17, 15) is 19.2 Å². The van der Waals surface area contributed by atoms with Crippen LogP contribution in [0.4, 0.5) is 0 Å². The number of hydrogen-bond acceptors (Lipinski definition) is 5. The van der Waals surface area contributed by atoms with E-state index < -0.39 is 48.2 Å². The molecule has 1 fully saturated rings. The van der Waals surface area contributed by atoms with Crippen molar-refractivity contribution >= 4 is 34.6 Å². The first kappa shape index (κ1) is 22.3. The van der Waals surface area contributed by atoms with Gasteiger partial charge in [-0.25, -0.2) is 0 Å². The Morgan fingerprint density at radius 2 is 1.58 bits per heavy atom. The smallest absolute Gasteiger partial charge is 0.305 e. The van der Waals surface area contributed by atoms with Crippen molar-refractivity contribution in [3.8, 4) is 0 Å². The number of amides is 3. The Labute approximate surface area is 178 Å². The first-order valence-corrected chi connectivity index (χ1v) is 10.3. The molecule has 7 N–H and O–H groups in total. The second kappa shape index (κ2) is 10.1. The van der Waals surface area contributed by atoms with Crippen molar-refractivity contribution in [1.82, 2.24) is 20.9 Å². The van der Waals surface area contributed by atoms with Crippen LogP contribution < -0.4 is 21.7 Å². The summed E-state index contributed by atoms with van der Waals surface area (Å²) in [6.45, 7) is 0.452. The second-order valence-corrected chi connectivity index (χ2v) is 7.63. The summed E-state index contributed by atoms with van der Waals surface area (Å²) in [6.07, 6.45) is 2.99. The lowest BCUT2D eigenvalue weighted by atomic mass is 10.0. The van der Waals surface area contributed by atoms with Gasteiger partial charge in [-0.1, -0.05) is 18.2 Å². The monoisotopic (exact) mass is 429 g/mol. The van der Waals surface area contributed by atoms with E-state index in [2.05, 4.69) is 20.9 Å². The molecule has 10 heteroatoms. The summed E-state index contributed by atoms with van der Waals surface area (Å²) < 4.78 is 0. The number of carboxylic acids is 1. The van der Waals surface area contributed by atoms with E-state index in [4.69, 9.17) is 10.8 Å². The standard InChI is InChI=1S/C21H27N5O5/c22-8-4-3-7-15-19(29)25-16(9-12-11-23-14-6-2-1-5-13(12)14)20(30)26-17(10-18(27)28)21(31)24-15/h1-2,5-6,11,15-17,23H,3-4,7-10,22H2,(H,24,31)(H,25,29)(H,26,30)(H,27,28)/t15-,16+,17-/m0/s1. The summed E-state index contributed by atoms with van der Waals surface area (Å²) in [7, 11) is 0. The average Bonchev–Trinajstić information content (AvgIpc) is 3.15. The number of H-pyrrole nitrogens is 1. The van der Waals surface area contributed by atoms with Crippen LogP contribution in [-0.2, 0) is 25.6 Å². The van der Waals surface area contributed by atoms with Crippen LogP contribution in [0.2, 0.25) is 0 Å². The van der Waals surface area contributed by atoms with Gasteiger partial charge in [-0.3, -0.25) is 19.2 Å². The minimum Gasteiger partial charge on any atom is -0.481 e. The number of hydrogen-bond donors (Lipinski definition) is 6. The highest BCUT2D eigenvalue weighted by molar-refractivity contribution is 5.98. The van der Waals surface area contributed by atoms with Crippen molar-refractivity contribution in [2.24, 2.45) is 5.73 Å². The van der Waals surface area contributed by atoms with Gasteiger partial charge in [-0.15, -0.1) is 0 Å². The maximum atomic E-state index is 12.9. The molecule has 1 saturated heterocycles. The molecule has 3 amide bonds. The number of nitrogens with two attached hydrogens (primary N) is 1. The molecule has 1 aromatic heterocycles. The number of rotatable bonds is 8. The van der Waals surface area contributed by atoms with Crippen LogP contribution in [-0.4, -0.2) is 58.5 Å². The van der Waals surface area contributed by atoms with Gasteiger partial charge < -0.3 is 31.8 Å². The van der Waals surface area contributed by atoms with Crippen molar-refractivity contribution in [1.29, 1.82) is 0 Å². The molecule has 166 valence electrons. The number of benzene rings is 1. The molecule has 0 aliphatic carbocycles. The topological polar surface area (TPSA) is 166 Å². The van der Waals surface area contributed by atoms with Crippen LogP contribution in [0.15, 0.2) is 30.5 Å². The normalized spacial score (nSPS) is 22.1. The zero-order valence-electron chi connectivity index (χ0n) is 17.0. The van der Waals surface area contributed by atoms with E-state index in [1.165, 1.54) is 0 Å². The van der Waals surface area contributed by atoms with Gasteiger partial charge in [0.15, 0.2) is 0 Å². The lowest BCUT2D eigenvalue weighted by Crippen LogP contribution is -2.52. The third kappa shape index (κ3) is 5.60. The Morgan fingerprint density at radius 1 is 0.935 bits per heavy atom. The number of aromatic nitrogens is 1. The third-order valence-corrected chi connectivity index (χ3v) is 5.32. The Balaban J connectivity index is 1.87. The minimum atomic E-state index is -1.28. The lowest BCUT2D eigenvalue weighted by molar-refractivity contribution is -0.140. The second-order valence-electron chi connectivity index (χ2n) is 7.63. The molecule has 0 saturated carbocycles. The molecule has 1 aliphatic rings. The van der Waals surface area contributed by atoms with Crippen LogP contribution >= 0.6 is 0 Å². The molecule has 0 bridgehead atoms. The molecule has 0 radical (unpaired) electrons. The SMILES string of the molecule is NCCCC[C@@H]1NC(=O)[C@H](CC(=O)O)NC(=O)[C@@H](Cc2c[nH]c3ccccc23)NC1=O. The molecule has 31 heavy (non-hydrogen) atoms. The van der Waals surface area contributed by atoms with Gasteiger partial charge in [0.1, 0.15) is 18.1 Å². The highest BCUT2D eigenvalue weighted by Gasteiger charge is 2.34. The van der Waals surface area contributed by atoms with Crippen molar-refractivity contribution in [3.63, 3.8) is 0 Å². The molecule has 0 unspecified atom stereocenters. The van der Waals surface area contributed by atoms with Crippen LogP contribution in [0.1, 0.15) is 31.2 Å². The summed E-state index contributed by atoms with van der Waals surface area (Å²) in [6, 6.07) is 4.45. The number of para-hydroxylation sites is 1. The third-order valence-electron chi connectivity index (χ3n) is 5.32. The fraction of sp³-hybridized carbons (Fsp3) is 0.429. The average molecular weight is 429 g/mol. The number of carboxylic acid groups (broad SMARTS) is 1. The van der Waals surface area contributed by atoms with Crippen molar-refractivity contribution in [2.75, 3.05) is 6.54 Å². The molecular formula is C21H27N5O5. The van der Waals surface area contributed by atoms with Gasteiger partial charge in [0.2, 0.25) is 17.7 Å². The molecule has 2 heterocycles. The van der Waals surface area contributed by atoms with Crippen LogP contribution in [0.5, 0.6) is 0 Å². The van der Waals surface area contributed by atoms with Crippen molar-refractivity contribution in [3.05, 3.63) is 36.0 Å². The van der Waals surface area contributed by atoms with E-state index >= 15 is 0 Å². The van der Waals surface area contributed by atoms with Crippen LogP contribution in [0.25, 0.3) is 10.9 Å². The number of aromatic amines is 1. The highest BCUT2D eigenvalue weighted by Crippen LogP contribution is 2.19. The van der Waals surface area contributed by atoms with Gasteiger partial charge in [0.25, 0.3) is 0 Å². The number of fused-ring (bicyclic) bond motifs is 1. The molecule has 3 rings (SSSR count). The predicted octanol–water partition coefficient (Wildman–Crippen LogP) is -0.218. The largest absolute Gasteiger partial charge is 0.481 e. The van der Waals surface area contributed by atoms with E-state index in [1.807, 2.05) is 24.3 Å². The zero-order chi connectivity index (χ0) is 22.4. The molecule has 1 aromatic carbocycles. The molecule has 10 nitrogen and oxygen atoms in total. The number of carbonyl (C=O) groups excluding carboxylic acids is 3. The van der Waals surface area contributed by atoms with Crippen LogP contribution in [0, 0.1) is 0 Å². The first-order chi connectivity index (χ1) is 14.9. The zero-order valence-corrected chi connectivity index (χ0v) is 17.0. The molecule has 2 aromatic rings. The van der Waals surface area contributed by atoms with Gasteiger partial charge >= 0.3 is 5.97 Å². The molecule has 0 spiro atoms. The van der Waals surface area contributed by atoms with E-state index in [1.54, 1.807) is 6.20 Å². The fourth-order valence-corrected chi connectivity index (χ4v) is 3.69. The number of carbonyl (C=O) groups is 4. The van der Waals surface area contributed by atoms with Crippen LogP contribution in [0.3, 0.4) is 0 Å². The van der Waals surface area contributed by atoms with Crippen molar-refractivity contribution in [2.45, 2.75) is 50.2 Å². The van der Waals surface area contributed by atoms with Gasteiger partial charge in [0.05, 0.1) is 6.42 Å². The van der Waals surface area contributed by atoms with E-state index in [-0.39, 0.29) is 6.42 Å². The van der Waals surface area contributed by atoms with Gasteiger partial charge in [-0.2, -0.15) is 0 Å². The fourth-order valence-electron chi connectivity index (χ4n) is 3.69.